The minimum atomic E-state index is -0.750. The van der Waals surface area contributed by atoms with Crippen molar-refractivity contribution in [3.8, 4) is 0 Å². The summed E-state index contributed by atoms with van der Waals surface area (Å²) in [5.41, 5.74) is 14.4. The number of aliphatic hydroxyl groups excluding tert-OH is 2. The average molecular weight is 1820 g/mol. The molecule has 130 heavy (non-hydrogen) atoms. The molecule has 9 fully saturated rings. The number of aromatic nitrogens is 10. The summed E-state index contributed by atoms with van der Waals surface area (Å²) < 4.78 is 43.4. The lowest BCUT2D eigenvalue weighted by Crippen LogP contribution is -2.43. The summed E-state index contributed by atoms with van der Waals surface area (Å²) in [4.78, 5) is 120. The van der Waals surface area contributed by atoms with Crippen LogP contribution in [0.15, 0.2) is 76.8 Å². The third-order valence-corrected chi connectivity index (χ3v) is 26.3. The lowest BCUT2D eigenvalue weighted by Gasteiger charge is -2.35. The standard InChI is InChI=1S/C15H21N3O2.C14H19N3.2C13H17N3O.C11H16O5.C10H12N2O3.C10H14O3.C7H10O.C5H11N.ClH/c1-2-6-18(7-3-1)14-12-4-5-15(19-8-9-20-15)10-13(12)16-11-17-14;1-11-5-6-12-13(9-11)15-10-16-14(12)17-7-3-2-4-8-17;2*17-10-4-5-11-12(8-10)14-9-15-13(11)16-6-2-1-3-7-16;1-2-14-10(13)8-3-4-11(7-9(8)12)15-5-6-16-11;13-9-7-1-2-10(14-3-4-15-10)5-8(7)11-6-12-9;1-3-13-10(12)8-5-4-7(2)6-9(8)11;1-6-3-2-4-7(8)5-6;1-2-4-6-5-3-1;/h11H,1-10H2;9-10H,2-8H2,1H3;2*8-9,17H,1-7H2;8H,2-7H2,1H3;6H,1-5H2,(H,11,12,13);6,8H,3-5H2,1-2H3;5H,2-4H2,1H3;6H,1-5H2;1H. The number of piperidine rings is 5. The zero-order chi connectivity index (χ0) is 90.4. The van der Waals surface area contributed by atoms with Crippen LogP contribution in [0.25, 0.3) is 18.2 Å². The van der Waals surface area contributed by atoms with Gasteiger partial charge in [0.25, 0.3) is 5.56 Å². The zero-order valence-corrected chi connectivity index (χ0v) is 78.1. The molecule has 5 aromatic heterocycles. The average Bonchev–Trinajstić information content (AvgIpc) is 1.41. The number of carbonyl (C=O) groups excluding carboxylic acids is 5. The number of nitrogens with zero attached hydrogens (tertiary/aromatic N) is 13. The van der Waals surface area contributed by atoms with Crippen LogP contribution < -0.4 is 30.5 Å². The van der Waals surface area contributed by atoms with Crippen LogP contribution in [-0.2, 0) is 107 Å². The second-order valence-corrected chi connectivity index (χ2v) is 35.9. The maximum Gasteiger partial charge on any atom is 0.316 e. The van der Waals surface area contributed by atoms with Crippen LogP contribution in [-0.4, -0.2) is 225 Å². The van der Waals surface area contributed by atoms with Crippen molar-refractivity contribution in [1.29, 1.82) is 0 Å². The van der Waals surface area contributed by atoms with Crippen LogP contribution >= 0.6 is 12.4 Å². The van der Waals surface area contributed by atoms with Crippen molar-refractivity contribution in [3.05, 3.63) is 139 Å². The van der Waals surface area contributed by atoms with Gasteiger partial charge < -0.3 is 78.0 Å². The number of ketones is 3. The van der Waals surface area contributed by atoms with Crippen molar-refractivity contribution in [2.45, 2.75) is 277 Å². The number of fused-ring (bicyclic) bond motifs is 5. The van der Waals surface area contributed by atoms with Gasteiger partial charge in [-0.25, -0.2) is 44.9 Å². The van der Waals surface area contributed by atoms with Gasteiger partial charge in [-0.15, -0.1) is 12.4 Å². The molecule has 8 aliphatic heterocycles. The van der Waals surface area contributed by atoms with E-state index in [0.29, 0.717) is 115 Å². The summed E-state index contributed by atoms with van der Waals surface area (Å²) in [5.74, 6) is 1.80. The Morgan fingerprint density at radius 3 is 1.22 bits per heavy atom. The molecule has 0 bridgehead atoms. The number of ether oxygens (including phenoxy) is 8. The molecule has 5 aromatic rings. The number of aliphatic hydroxyl groups is 2. The van der Waals surface area contributed by atoms with Gasteiger partial charge in [0.1, 0.15) is 60.4 Å². The molecule has 2 unspecified atom stereocenters. The highest BCUT2D eigenvalue weighted by molar-refractivity contribution is 6.06. The van der Waals surface area contributed by atoms with Crippen molar-refractivity contribution < 1.29 is 72.1 Å². The van der Waals surface area contributed by atoms with Crippen molar-refractivity contribution >= 4 is 83.2 Å². The molecule has 0 amide bonds. The molecule has 21 rings (SSSR count). The first-order valence-corrected chi connectivity index (χ1v) is 48.0. The fourth-order valence-corrected chi connectivity index (χ4v) is 19.4. The Labute approximate surface area is 771 Å². The molecule has 0 radical (unpaired) electrons. The Morgan fingerprint density at radius 1 is 0.400 bits per heavy atom. The summed E-state index contributed by atoms with van der Waals surface area (Å²) in [7, 11) is 0. The second-order valence-electron chi connectivity index (χ2n) is 35.9. The highest BCUT2D eigenvalue weighted by Gasteiger charge is 2.48. The molecule has 3 spiro atoms. The predicted molar refractivity (Wildman–Crippen MR) is 499 cm³/mol. The van der Waals surface area contributed by atoms with Gasteiger partial charge in [0.15, 0.2) is 34.7 Å². The minimum Gasteiger partial charge on any atom is -0.512 e. The monoisotopic (exact) mass is 1820 g/mol. The van der Waals surface area contributed by atoms with E-state index in [1.165, 1.54) is 155 Å². The van der Waals surface area contributed by atoms with Crippen LogP contribution in [0.3, 0.4) is 0 Å². The number of hydrogen-bond acceptors (Lipinski definition) is 30. The van der Waals surface area contributed by atoms with E-state index < -0.39 is 35.2 Å². The van der Waals surface area contributed by atoms with Crippen LogP contribution in [0.2, 0.25) is 0 Å². The molecule has 13 heterocycles. The summed E-state index contributed by atoms with van der Waals surface area (Å²) in [6.45, 7) is 25.4. The number of H-pyrrole nitrogens is 1. The van der Waals surface area contributed by atoms with Crippen molar-refractivity contribution in [2.24, 2.45) is 11.8 Å². The van der Waals surface area contributed by atoms with Crippen LogP contribution in [0, 0.1) is 11.8 Å². The van der Waals surface area contributed by atoms with Crippen molar-refractivity contribution in [3.63, 3.8) is 0 Å². The molecule has 708 valence electrons. The van der Waals surface area contributed by atoms with Gasteiger partial charge in [-0.05, 0) is 226 Å². The Morgan fingerprint density at radius 2 is 0.800 bits per heavy atom. The molecule has 16 aliphatic rings. The van der Waals surface area contributed by atoms with Crippen molar-refractivity contribution in [1.82, 2.24) is 55.2 Å². The van der Waals surface area contributed by atoms with E-state index in [-0.39, 0.29) is 41.9 Å². The SMILES string of the molecule is C1CCNCC1.CC1=CC(=O)CCC1.CC1=Cc2ncnc(N3CCCCC3)c2CC1.CCOC(=O)C1CCC(C)=CC1=O.CCOC(=O)C1CCC2(CC1=O)OCCO2.Cl.O=c1[nH]cnc2c1CCC1(C2)OCCO1.OC1=Cc2ncnc(N3CCCCC3)c2CC1.OC1=Cc2ncnc(N3CCCCC3)c2CC1.c1nc2c(c(N3CCCCC3)n1)CCC1(C2)OCCO1. The maximum atomic E-state index is 11.8. The first-order valence-electron chi connectivity index (χ1n) is 48.0. The lowest BCUT2D eigenvalue weighted by atomic mass is 9.84. The fourth-order valence-electron chi connectivity index (χ4n) is 19.4. The Bertz CT molecular complexity index is 4580. The number of anilines is 4. The first kappa shape index (κ1) is 99.7. The third kappa shape index (κ3) is 27.9. The Balaban J connectivity index is 0.000000134. The third-order valence-electron chi connectivity index (χ3n) is 26.3. The number of allylic oxidation sites excluding steroid dienone is 7. The number of halogens is 1. The van der Waals surface area contributed by atoms with E-state index in [9.17, 15) is 39.0 Å². The van der Waals surface area contributed by atoms with E-state index in [0.717, 1.165) is 186 Å². The molecule has 2 atom stereocenters. The number of rotatable bonds is 8. The molecular formula is C98H138ClN15O16. The van der Waals surface area contributed by atoms with Gasteiger partial charge in [-0.1, -0.05) is 23.1 Å². The Hall–Kier alpha value is -9.34. The lowest BCUT2D eigenvalue weighted by molar-refractivity contribution is -0.189. The zero-order valence-electron chi connectivity index (χ0n) is 77.2. The van der Waals surface area contributed by atoms with Gasteiger partial charge in [-0.3, -0.25) is 28.8 Å². The minimum absolute atomic E-state index is 0. The topological polar surface area (TPSA) is 374 Å². The fraction of sp³-hybridized carbons (Fsp3) is 0.643. The van der Waals surface area contributed by atoms with Gasteiger partial charge in [0.05, 0.1) is 106 Å². The van der Waals surface area contributed by atoms with Gasteiger partial charge in [-0.2, -0.15) is 0 Å². The largest absolute Gasteiger partial charge is 0.512 e. The highest BCUT2D eigenvalue weighted by Crippen LogP contribution is 2.41. The number of hydrogen-bond donors (Lipinski definition) is 4. The molecule has 8 saturated heterocycles. The summed E-state index contributed by atoms with van der Waals surface area (Å²) in [5, 5.41) is 22.4. The van der Waals surface area contributed by atoms with Gasteiger partial charge in [0.2, 0.25) is 0 Å². The van der Waals surface area contributed by atoms with Gasteiger partial charge >= 0.3 is 11.9 Å². The smallest absolute Gasteiger partial charge is 0.316 e. The van der Waals surface area contributed by atoms with E-state index in [4.69, 9.17) is 37.9 Å². The maximum absolute atomic E-state index is 11.8. The van der Waals surface area contributed by atoms with E-state index >= 15 is 0 Å². The molecule has 4 N–H and O–H groups in total. The number of carbonyl (C=O) groups is 5. The number of nitrogens with one attached hydrogen (secondary N) is 2. The van der Waals surface area contributed by atoms with Gasteiger partial charge in [0, 0.05) is 144 Å². The molecule has 1 saturated carbocycles. The molecule has 8 aliphatic carbocycles. The number of esters is 2. The van der Waals surface area contributed by atoms with Crippen LogP contribution in [0.4, 0.5) is 23.3 Å². The number of Topliss-reactive ketones (excluding diaryl/α,β-unsaturated/α-hetero) is 1. The normalized spacial score (nSPS) is 22.3. The molecule has 32 heteroatoms. The summed E-state index contributed by atoms with van der Waals surface area (Å²) >= 11 is 0. The highest BCUT2D eigenvalue weighted by atomic mass is 35.5. The summed E-state index contributed by atoms with van der Waals surface area (Å²) in [6.07, 6.45) is 52.5. The molecular weight excluding hydrogens is 1680 g/mol. The van der Waals surface area contributed by atoms with E-state index in [1.807, 2.05) is 13.8 Å². The molecule has 31 nitrogen and oxygen atoms in total. The second kappa shape index (κ2) is 49.9. The summed E-state index contributed by atoms with van der Waals surface area (Å²) in [6, 6.07) is 0. The molecule has 0 aromatic carbocycles. The number of aromatic amines is 1. The van der Waals surface area contributed by atoms with Crippen LogP contribution in [0.5, 0.6) is 0 Å². The Kier molecular flexibility index (Phi) is 38.3. The van der Waals surface area contributed by atoms with E-state index in [1.54, 1.807) is 63.5 Å². The predicted octanol–water partition coefficient (Wildman–Crippen LogP) is 14.1. The quantitative estimate of drug-likeness (QED) is 0.0828. The first-order chi connectivity index (χ1) is 62.8. The van der Waals surface area contributed by atoms with E-state index in [2.05, 4.69) is 87.8 Å². The van der Waals surface area contributed by atoms with Crippen LogP contribution in [0.1, 0.15) is 271 Å². The van der Waals surface area contributed by atoms with Crippen molar-refractivity contribution in [2.75, 3.05) is 138 Å².